The lowest BCUT2D eigenvalue weighted by Crippen LogP contribution is -2.57. The summed E-state index contributed by atoms with van der Waals surface area (Å²) in [7, 11) is 0. The van der Waals surface area contributed by atoms with Crippen LogP contribution in [-0.2, 0) is 6.18 Å². The van der Waals surface area contributed by atoms with E-state index in [1.54, 1.807) is 4.90 Å². The van der Waals surface area contributed by atoms with Gasteiger partial charge in [-0.2, -0.15) is 13.2 Å². The molecule has 0 aromatic heterocycles. The number of hydrogen-bond donors (Lipinski definition) is 1. The first-order valence-electron chi connectivity index (χ1n) is 6.06. The van der Waals surface area contributed by atoms with E-state index in [2.05, 4.69) is 5.32 Å². The van der Waals surface area contributed by atoms with Crippen LogP contribution in [0.1, 0.15) is 19.4 Å². The Morgan fingerprint density at radius 3 is 2.47 bits per heavy atom. The van der Waals surface area contributed by atoms with E-state index in [9.17, 15) is 17.6 Å². The quantitative estimate of drug-likeness (QED) is 0.793. The van der Waals surface area contributed by atoms with Gasteiger partial charge in [-0.25, -0.2) is 4.39 Å². The second kappa shape index (κ2) is 4.67. The van der Waals surface area contributed by atoms with Gasteiger partial charge >= 0.3 is 6.18 Å². The highest BCUT2D eigenvalue weighted by Crippen LogP contribution is 2.32. The average Bonchev–Trinajstić information content (AvgIpc) is 2.26. The van der Waals surface area contributed by atoms with Gasteiger partial charge in [-0.1, -0.05) is 0 Å². The standard InChI is InChI=1S/C13H16F4N2/c1-12(2)8-19(6-5-18-12)11-4-3-9(7-10(11)14)13(15,16)17/h3-4,7,18H,5-6,8H2,1-2H3. The van der Waals surface area contributed by atoms with E-state index >= 15 is 0 Å². The number of benzene rings is 1. The highest BCUT2D eigenvalue weighted by Gasteiger charge is 2.32. The number of halogens is 4. The van der Waals surface area contributed by atoms with Crippen LogP contribution in [0.4, 0.5) is 23.2 Å². The Bertz CT molecular complexity index is 468. The van der Waals surface area contributed by atoms with Crippen LogP contribution < -0.4 is 10.2 Å². The maximum Gasteiger partial charge on any atom is 0.416 e. The zero-order valence-corrected chi connectivity index (χ0v) is 10.8. The van der Waals surface area contributed by atoms with Crippen LogP contribution in [-0.4, -0.2) is 25.2 Å². The van der Waals surface area contributed by atoms with Crippen molar-refractivity contribution < 1.29 is 17.6 Å². The van der Waals surface area contributed by atoms with E-state index in [1.165, 1.54) is 6.07 Å². The molecule has 6 heteroatoms. The number of anilines is 1. The van der Waals surface area contributed by atoms with Crippen molar-refractivity contribution in [3.63, 3.8) is 0 Å². The van der Waals surface area contributed by atoms with Gasteiger partial charge in [0.1, 0.15) is 5.82 Å². The summed E-state index contributed by atoms with van der Waals surface area (Å²) in [6.07, 6.45) is -4.51. The average molecular weight is 276 g/mol. The molecule has 0 spiro atoms. The van der Waals surface area contributed by atoms with E-state index in [0.29, 0.717) is 25.7 Å². The van der Waals surface area contributed by atoms with Crippen molar-refractivity contribution in [1.82, 2.24) is 5.32 Å². The molecule has 2 nitrogen and oxygen atoms in total. The highest BCUT2D eigenvalue weighted by molar-refractivity contribution is 5.50. The van der Waals surface area contributed by atoms with Gasteiger partial charge in [0.05, 0.1) is 11.3 Å². The van der Waals surface area contributed by atoms with Crippen LogP contribution in [0.5, 0.6) is 0 Å². The van der Waals surface area contributed by atoms with Gasteiger partial charge < -0.3 is 10.2 Å². The van der Waals surface area contributed by atoms with Crippen LogP contribution >= 0.6 is 0 Å². The topological polar surface area (TPSA) is 15.3 Å². The van der Waals surface area contributed by atoms with Gasteiger partial charge in [-0.05, 0) is 32.0 Å². The third-order valence-electron chi connectivity index (χ3n) is 3.19. The number of rotatable bonds is 1. The minimum atomic E-state index is -4.51. The van der Waals surface area contributed by atoms with Gasteiger partial charge in [-0.15, -0.1) is 0 Å². The third kappa shape index (κ3) is 3.18. The zero-order valence-electron chi connectivity index (χ0n) is 10.8. The van der Waals surface area contributed by atoms with Crippen molar-refractivity contribution in [2.24, 2.45) is 0 Å². The van der Waals surface area contributed by atoms with E-state index in [0.717, 1.165) is 6.07 Å². The molecule has 1 N–H and O–H groups in total. The number of hydrogen-bond acceptors (Lipinski definition) is 2. The Balaban J connectivity index is 2.26. The fraction of sp³-hybridized carbons (Fsp3) is 0.538. The van der Waals surface area contributed by atoms with Gasteiger partial charge in [-0.3, -0.25) is 0 Å². The lowest BCUT2D eigenvalue weighted by molar-refractivity contribution is -0.137. The van der Waals surface area contributed by atoms with Crippen molar-refractivity contribution in [3.8, 4) is 0 Å². The van der Waals surface area contributed by atoms with Crippen molar-refractivity contribution >= 4 is 5.69 Å². The highest BCUT2D eigenvalue weighted by atomic mass is 19.4. The van der Waals surface area contributed by atoms with Gasteiger partial charge in [0.15, 0.2) is 0 Å². The first kappa shape index (κ1) is 14.1. The number of nitrogens with zero attached hydrogens (tertiary/aromatic N) is 1. The maximum atomic E-state index is 13.9. The number of alkyl halides is 3. The molecule has 1 aromatic carbocycles. The fourth-order valence-corrected chi connectivity index (χ4v) is 2.29. The molecule has 0 unspecified atom stereocenters. The molecule has 1 saturated heterocycles. The first-order chi connectivity index (χ1) is 8.69. The second-order valence-electron chi connectivity index (χ2n) is 5.40. The molecule has 0 radical (unpaired) electrons. The van der Waals surface area contributed by atoms with Crippen LogP contribution in [0.2, 0.25) is 0 Å². The third-order valence-corrected chi connectivity index (χ3v) is 3.19. The zero-order chi connectivity index (χ0) is 14.3. The van der Waals surface area contributed by atoms with E-state index < -0.39 is 17.6 Å². The lowest BCUT2D eigenvalue weighted by Gasteiger charge is -2.40. The van der Waals surface area contributed by atoms with Gasteiger partial charge in [0, 0.05) is 25.2 Å². The molecule has 1 aliphatic rings. The summed E-state index contributed by atoms with van der Waals surface area (Å²) >= 11 is 0. The predicted molar refractivity (Wildman–Crippen MR) is 65.7 cm³/mol. The summed E-state index contributed by atoms with van der Waals surface area (Å²) in [6, 6.07) is 2.69. The Morgan fingerprint density at radius 1 is 1.26 bits per heavy atom. The van der Waals surface area contributed by atoms with Gasteiger partial charge in [0.2, 0.25) is 0 Å². The summed E-state index contributed by atoms with van der Waals surface area (Å²) in [5.74, 6) is -0.826. The summed E-state index contributed by atoms with van der Waals surface area (Å²) < 4.78 is 51.3. The SMILES string of the molecule is CC1(C)CN(c2ccc(C(F)(F)F)cc2F)CCN1. The molecular weight excluding hydrogens is 260 g/mol. The van der Waals surface area contributed by atoms with Crippen LogP contribution in [0.3, 0.4) is 0 Å². The van der Waals surface area contributed by atoms with Crippen molar-refractivity contribution in [1.29, 1.82) is 0 Å². The normalized spacial score (nSPS) is 19.6. The molecule has 2 rings (SSSR count). The maximum absolute atomic E-state index is 13.9. The predicted octanol–water partition coefficient (Wildman–Crippen LogP) is 3.03. The molecule has 0 bridgehead atoms. The number of nitrogens with one attached hydrogen (secondary N) is 1. The molecule has 19 heavy (non-hydrogen) atoms. The Kier molecular flexibility index (Phi) is 3.47. The Hall–Kier alpha value is -1.30. The molecule has 0 saturated carbocycles. The van der Waals surface area contributed by atoms with E-state index in [-0.39, 0.29) is 11.2 Å². The molecule has 106 valence electrons. The minimum Gasteiger partial charge on any atom is -0.366 e. The van der Waals surface area contributed by atoms with Crippen LogP contribution in [0.15, 0.2) is 18.2 Å². The van der Waals surface area contributed by atoms with Crippen molar-refractivity contribution in [2.45, 2.75) is 25.6 Å². The van der Waals surface area contributed by atoms with Gasteiger partial charge in [0.25, 0.3) is 0 Å². The molecule has 0 aliphatic carbocycles. The van der Waals surface area contributed by atoms with Crippen LogP contribution in [0, 0.1) is 5.82 Å². The van der Waals surface area contributed by atoms with E-state index in [1.807, 2.05) is 13.8 Å². The minimum absolute atomic E-state index is 0.187. The number of piperazine rings is 1. The largest absolute Gasteiger partial charge is 0.416 e. The summed E-state index contributed by atoms with van der Waals surface area (Å²) in [4.78, 5) is 1.77. The molecule has 0 atom stereocenters. The Labute approximate surface area is 109 Å². The summed E-state index contributed by atoms with van der Waals surface area (Å²) in [5.41, 5.74) is -0.918. The molecule has 1 aromatic rings. The lowest BCUT2D eigenvalue weighted by atomic mass is 10.0. The molecule has 1 fully saturated rings. The molecule has 0 amide bonds. The first-order valence-corrected chi connectivity index (χ1v) is 6.06. The molecule has 1 heterocycles. The molecule has 1 aliphatic heterocycles. The molecular formula is C13H16F4N2. The second-order valence-corrected chi connectivity index (χ2v) is 5.40. The summed E-state index contributed by atoms with van der Waals surface area (Å²) in [6.45, 7) is 5.75. The fourth-order valence-electron chi connectivity index (χ4n) is 2.29. The van der Waals surface area contributed by atoms with Crippen molar-refractivity contribution in [3.05, 3.63) is 29.6 Å². The smallest absolute Gasteiger partial charge is 0.366 e. The van der Waals surface area contributed by atoms with Crippen LogP contribution in [0.25, 0.3) is 0 Å². The monoisotopic (exact) mass is 276 g/mol. The van der Waals surface area contributed by atoms with E-state index in [4.69, 9.17) is 0 Å². The van der Waals surface area contributed by atoms with Crippen molar-refractivity contribution in [2.75, 3.05) is 24.5 Å². The summed E-state index contributed by atoms with van der Waals surface area (Å²) in [5, 5.41) is 3.27. The Morgan fingerprint density at radius 2 is 1.95 bits per heavy atom.